The van der Waals surface area contributed by atoms with E-state index in [2.05, 4.69) is 5.10 Å². The summed E-state index contributed by atoms with van der Waals surface area (Å²) in [7, 11) is 1.67. The first-order valence-corrected chi connectivity index (χ1v) is 7.41. The number of anilines is 2. The molecule has 0 aliphatic carbocycles. The first-order valence-electron chi connectivity index (χ1n) is 7.03. The van der Waals surface area contributed by atoms with Gasteiger partial charge in [0.2, 0.25) is 0 Å². The highest BCUT2D eigenvalue weighted by atomic mass is 35.5. The zero-order chi connectivity index (χ0) is 17.5. The Morgan fingerprint density at radius 2 is 1.96 bits per heavy atom. The fourth-order valence-electron chi connectivity index (χ4n) is 1.92. The van der Waals surface area contributed by atoms with Gasteiger partial charge in [0, 0.05) is 23.8 Å². The average Bonchev–Trinajstić information content (AvgIpc) is 2.60. The van der Waals surface area contributed by atoms with Gasteiger partial charge in [-0.15, -0.1) is 0 Å². The van der Waals surface area contributed by atoms with Crippen LogP contribution in [0.1, 0.15) is 0 Å². The van der Waals surface area contributed by atoms with Gasteiger partial charge in [0.25, 0.3) is 5.91 Å². The van der Waals surface area contributed by atoms with E-state index in [1.807, 2.05) is 0 Å². The smallest absolute Gasteiger partial charge is 0.264 e. The molecular weight excluding hydrogens is 330 g/mol. The monoisotopic (exact) mass is 347 g/mol. The molecule has 0 fully saturated rings. The van der Waals surface area contributed by atoms with Crippen LogP contribution < -0.4 is 26.3 Å². The number of hydrogen-bond acceptors (Lipinski definition) is 5. The highest BCUT2D eigenvalue weighted by Crippen LogP contribution is 2.20. The predicted molar refractivity (Wildman–Crippen MR) is 96.1 cm³/mol. The fraction of sp³-hybridized carbons (Fsp3) is 0.125. The van der Waals surface area contributed by atoms with Crippen molar-refractivity contribution in [3.8, 4) is 5.75 Å². The zero-order valence-electron chi connectivity index (χ0n) is 13.1. The van der Waals surface area contributed by atoms with Crippen molar-refractivity contribution in [2.45, 2.75) is 0 Å². The van der Waals surface area contributed by atoms with Crippen LogP contribution in [0.15, 0.2) is 53.6 Å². The van der Waals surface area contributed by atoms with Crippen LogP contribution in [-0.4, -0.2) is 25.9 Å². The Bertz CT molecular complexity index is 721. The number of hydrogen-bond donors (Lipinski definition) is 2. The predicted octanol–water partition coefficient (Wildman–Crippen LogP) is 1.96. The van der Waals surface area contributed by atoms with Crippen molar-refractivity contribution in [3.05, 3.63) is 53.6 Å². The Morgan fingerprint density at radius 1 is 1.25 bits per heavy atom. The molecule has 126 valence electrons. The van der Waals surface area contributed by atoms with Crippen molar-refractivity contribution in [3.63, 3.8) is 0 Å². The summed E-state index contributed by atoms with van der Waals surface area (Å²) in [6, 6.07) is 13.9. The molecule has 0 atom stereocenters. The number of nitrogens with two attached hydrogens (primary N) is 2. The molecular formula is C16H18ClN5O2. The molecule has 2 rings (SSSR count). The Kier molecular flexibility index (Phi) is 6.00. The average molecular weight is 348 g/mol. The Balaban J connectivity index is 1.98. The minimum absolute atomic E-state index is 0.113. The van der Waals surface area contributed by atoms with Gasteiger partial charge in [0.1, 0.15) is 12.1 Å². The molecule has 7 nitrogen and oxygen atoms in total. The van der Waals surface area contributed by atoms with E-state index in [0.29, 0.717) is 16.5 Å². The molecule has 2 aromatic carbocycles. The summed E-state index contributed by atoms with van der Waals surface area (Å²) in [4.78, 5) is 13.7. The number of hydrazone groups is 1. The summed E-state index contributed by atoms with van der Waals surface area (Å²) in [6.07, 6.45) is 1.26. The van der Waals surface area contributed by atoms with Gasteiger partial charge < -0.3 is 15.5 Å². The number of carbonyl (C=O) groups is 1. The van der Waals surface area contributed by atoms with Crippen LogP contribution in [-0.2, 0) is 4.79 Å². The van der Waals surface area contributed by atoms with E-state index in [1.54, 1.807) is 55.6 Å². The van der Waals surface area contributed by atoms with Gasteiger partial charge >= 0.3 is 0 Å². The van der Waals surface area contributed by atoms with E-state index in [4.69, 9.17) is 28.0 Å². The van der Waals surface area contributed by atoms with Gasteiger partial charge in [-0.3, -0.25) is 9.80 Å². The van der Waals surface area contributed by atoms with Crippen LogP contribution in [0.5, 0.6) is 5.75 Å². The minimum Gasteiger partial charge on any atom is -0.484 e. The van der Waals surface area contributed by atoms with E-state index in [9.17, 15) is 4.79 Å². The van der Waals surface area contributed by atoms with Crippen LogP contribution in [0.3, 0.4) is 0 Å². The number of benzene rings is 2. The molecule has 0 unspecified atom stereocenters. The van der Waals surface area contributed by atoms with E-state index < -0.39 is 0 Å². The van der Waals surface area contributed by atoms with Crippen molar-refractivity contribution >= 4 is 35.2 Å². The molecule has 4 N–H and O–H groups in total. The molecule has 0 aliphatic rings. The second-order valence-electron chi connectivity index (χ2n) is 4.89. The molecule has 8 heteroatoms. The second-order valence-corrected chi connectivity index (χ2v) is 5.32. The van der Waals surface area contributed by atoms with Crippen molar-refractivity contribution in [1.29, 1.82) is 0 Å². The zero-order valence-corrected chi connectivity index (χ0v) is 13.8. The summed E-state index contributed by atoms with van der Waals surface area (Å²) >= 11 is 5.84. The lowest BCUT2D eigenvalue weighted by Crippen LogP contribution is -2.31. The summed E-state index contributed by atoms with van der Waals surface area (Å²) in [5, 5.41) is 5.20. The quantitative estimate of drug-likeness (QED) is 0.360. The maximum atomic E-state index is 12.2. The lowest BCUT2D eigenvalue weighted by Gasteiger charge is -2.18. The van der Waals surface area contributed by atoms with E-state index >= 15 is 0 Å². The summed E-state index contributed by atoms with van der Waals surface area (Å²) < 4.78 is 5.53. The summed E-state index contributed by atoms with van der Waals surface area (Å²) in [5.74, 6) is 11.1. The molecule has 2 aromatic rings. The van der Waals surface area contributed by atoms with E-state index in [0.717, 1.165) is 5.69 Å². The molecule has 0 saturated carbocycles. The first kappa shape index (κ1) is 17.6. The Morgan fingerprint density at radius 3 is 2.62 bits per heavy atom. The summed E-state index contributed by atoms with van der Waals surface area (Å²) in [6.45, 7) is -0.113. The largest absolute Gasteiger partial charge is 0.484 e. The molecule has 1 amide bonds. The van der Waals surface area contributed by atoms with Crippen LogP contribution in [0, 0.1) is 0 Å². The van der Waals surface area contributed by atoms with Crippen LogP contribution in [0.25, 0.3) is 0 Å². The first-order chi connectivity index (χ1) is 11.5. The molecule has 24 heavy (non-hydrogen) atoms. The second kappa shape index (κ2) is 8.19. The van der Waals surface area contributed by atoms with Gasteiger partial charge in [0.15, 0.2) is 6.61 Å². The topological polar surface area (TPSA) is 97.2 Å². The normalized spacial score (nSPS) is 10.6. The maximum absolute atomic E-state index is 12.2. The third-order valence-corrected chi connectivity index (χ3v) is 3.51. The highest BCUT2D eigenvalue weighted by Gasteiger charge is 2.12. The Hall–Kier alpha value is -2.77. The SMILES string of the molecule is CN(C(=O)COc1cccc(N(N)/C=N\N)c1)c1ccc(Cl)cc1. The molecule has 0 aliphatic heterocycles. The number of nitrogens with zero attached hydrogens (tertiary/aromatic N) is 3. The highest BCUT2D eigenvalue weighted by molar-refractivity contribution is 6.30. The van der Waals surface area contributed by atoms with Gasteiger partial charge in [-0.05, 0) is 36.4 Å². The van der Waals surface area contributed by atoms with Crippen LogP contribution >= 0.6 is 11.6 Å². The van der Waals surface area contributed by atoms with Crippen molar-refractivity contribution in [2.24, 2.45) is 16.8 Å². The molecule has 0 bridgehead atoms. The van der Waals surface area contributed by atoms with Crippen molar-refractivity contribution < 1.29 is 9.53 Å². The molecule has 0 saturated heterocycles. The van der Waals surface area contributed by atoms with E-state index in [-0.39, 0.29) is 12.5 Å². The number of carbonyl (C=O) groups excluding carboxylic acids is 1. The number of likely N-dealkylation sites (N-methyl/N-ethyl adjacent to an activating group) is 1. The van der Waals surface area contributed by atoms with Crippen molar-refractivity contribution in [1.82, 2.24) is 0 Å². The van der Waals surface area contributed by atoms with Gasteiger partial charge in [0.05, 0.1) is 5.69 Å². The lowest BCUT2D eigenvalue weighted by molar-refractivity contribution is -0.120. The van der Waals surface area contributed by atoms with Crippen LogP contribution in [0.4, 0.5) is 11.4 Å². The number of halogens is 1. The van der Waals surface area contributed by atoms with E-state index in [1.165, 1.54) is 16.2 Å². The number of ether oxygens (including phenoxy) is 1. The maximum Gasteiger partial charge on any atom is 0.264 e. The molecule has 0 spiro atoms. The third-order valence-electron chi connectivity index (χ3n) is 3.26. The standard InChI is InChI=1S/C16H18ClN5O2/c1-21(13-7-5-12(17)6-8-13)16(23)10-24-15-4-2-3-14(9-15)22(19)11-20-18/h2-9,11H,10,18-19H2,1H3/b20-11-. The van der Waals surface area contributed by atoms with Gasteiger partial charge in [-0.1, -0.05) is 17.7 Å². The number of hydrazine groups is 1. The number of rotatable bonds is 6. The molecule has 0 aromatic heterocycles. The van der Waals surface area contributed by atoms with Crippen molar-refractivity contribution in [2.75, 3.05) is 23.6 Å². The fourth-order valence-corrected chi connectivity index (χ4v) is 2.05. The Labute approximate surface area is 145 Å². The summed E-state index contributed by atoms with van der Waals surface area (Å²) in [5.41, 5.74) is 1.36. The molecule has 0 heterocycles. The third kappa shape index (κ3) is 4.61. The number of amides is 1. The van der Waals surface area contributed by atoms with Gasteiger partial charge in [-0.25, -0.2) is 5.84 Å². The molecule has 0 radical (unpaired) electrons. The van der Waals surface area contributed by atoms with Crippen LogP contribution in [0.2, 0.25) is 5.02 Å². The lowest BCUT2D eigenvalue weighted by atomic mass is 10.3. The van der Waals surface area contributed by atoms with Gasteiger partial charge in [-0.2, -0.15) is 5.10 Å². The minimum atomic E-state index is -0.198.